The number of methoxy groups -OCH3 is 4. The molecule has 214 valence electrons. The molecule has 0 saturated carbocycles. The zero-order chi connectivity index (χ0) is 29.4. The van der Waals surface area contributed by atoms with Crippen LogP contribution in [0.25, 0.3) is 21.8 Å². The smallest absolute Gasteiger partial charge is 0.506 e. The molecule has 0 bridgehead atoms. The number of fused-ring (bicyclic) bond motifs is 2. The molecule has 0 unspecified atom stereocenters. The van der Waals surface area contributed by atoms with Gasteiger partial charge in [0.05, 0.1) is 44.9 Å². The summed E-state index contributed by atoms with van der Waals surface area (Å²) < 4.78 is 66.8. The van der Waals surface area contributed by atoms with Gasteiger partial charge >= 0.3 is 12.3 Å². The molecule has 1 amide bonds. The van der Waals surface area contributed by atoms with E-state index < -0.39 is 35.4 Å². The first-order chi connectivity index (χ1) is 19.0. The van der Waals surface area contributed by atoms with E-state index in [2.05, 4.69) is 20.0 Å². The molecule has 4 N–H and O–H groups in total. The molecule has 4 rings (SSSR count). The number of phenolic OH excluding ortho intramolecular Hbond substituents is 1. The van der Waals surface area contributed by atoms with Crippen molar-refractivity contribution in [2.75, 3.05) is 39.6 Å². The van der Waals surface area contributed by atoms with Crippen molar-refractivity contribution in [3.05, 3.63) is 35.2 Å². The molecule has 0 aliphatic carbocycles. The van der Waals surface area contributed by atoms with Crippen LogP contribution in [0.1, 0.15) is 21.7 Å². The van der Waals surface area contributed by atoms with Gasteiger partial charge in [-0.25, -0.2) is 4.79 Å². The van der Waals surface area contributed by atoms with Crippen LogP contribution in [0.3, 0.4) is 0 Å². The second-order valence-corrected chi connectivity index (χ2v) is 8.62. The molecular weight excluding hydrogens is 563 g/mol. The van der Waals surface area contributed by atoms with Gasteiger partial charge in [-0.15, -0.1) is 11.6 Å². The zero-order valence-electron chi connectivity index (χ0n) is 21.5. The lowest BCUT2D eigenvalue weighted by Crippen LogP contribution is -2.15. The number of phenols is 1. The third kappa shape index (κ3) is 4.97. The summed E-state index contributed by atoms with van der Waals surface area (Å²) in [7, 11) is 5.20. The van der Waals surface area contributed by atoms with Crippen LogP contribution in [-0.2, 0) is 17.3 Å². The lowest BCUT2D eigenvalue weighted by Gasteiger charge is -2.14. The number of aromatic hydroxyl groups is 1. The highest BCUT2D eigenvalue weighted by Gasteiger charge is 2.40. The van der Waals surface area contributed by atoms with E-state index >= 15 is 0 Å². The number of carbonyl (C=O) groups excluding carboxylic acids is 2. The van der Waals surface area contributed by atoms with Crippen LogP contribution in [0, 0.1) is 0 Å². The van der Waals surface area contributed by atoms with Gasteiger partial charge in [-0.2, -0.15) is 13.2 Å². The maximum absolute atomic E-state index is 13.8. The first-order valence-corrected chi connectivity index (χ1v) is 11.9. The fourth-order valence-electron chi connectivity index (χ4n) is 4.34. The van der Waals surface area contributed by atoms with Crippen LogP contribution in [0.5, 0.6) is 28.7 Å². The first kappa shape index (κ1) is 28.5. The van der Waals surface area contributed by atoms with Gasteiger partial charge in [-0.05, 0) is 24.1 Å². The number of amides is 1. The van der Waals surface area contributed by atoms with E-state index in [4.69, 9.17) is 30.5 Å². The predicted molar refractivity (Wildman–Crippen MR) is 138 cm³/mol. The minimum absolute atomic E-state index is 0.0381. The van der Waals surface area contributed by atoms with Crippen molar-refractivity contribution in [3.8, 4) is 28.7 Å². The molecular formula is C25H23ClF3N3O8. The largest absolute Gasteiger partial charge is 0.513 e. The Labute approximate surface area is 229 Å². The maximum Gasteiger partial charge on any atom is 0.513 e. The molecule has 2 aromatic heterocycles. The van der Waals surface area contributed by atoms with Gasteiger partial charge in [0.1, 0.15) is 11.4 Å². The number of aromatic nitrogens is 2. The van der Waals surface area contributed by atoms with Crippen molar-refractivity contribution in [3.63, 3.8) is 0 Å². The minimum Gasteiger partial charge on any atom is -0.506 e. The number of halogens is 4. The van der Waals surface area contributed by atoms with Crippen molar-refractivity contribution < 1.29 is 51.6 Å². The molecule has 2 heterocycles. The minimum atomic E-state index is -5.00. The number of alkyl halides is 4. The number of hydrogen-bond donors (Lipinski definition) is 4. The van der Waals surface area contributed by atoms with Crippen molar-refractivity contribution in [1.29, 1.82) is 0 Å². The topological polar surface area (TPSA) is 144 Å². The number of aryl methyl sites for hydroxylation is 1. The van der Waals surface area contributed by atoms with E-state index in [0.29, 0.717) is 16.7 Å². The molecule has 11 nitrogen and oxygen atoms in total. The summed E-state index contributed by atoms with van der Waals surface area (Å²) in [5, 5.41) is 13.4. The molecule has 0 fully saturated rings. The van der Waals surface area contributed by atoms with Gasteiger partial charge < -0.3 is 44.1 Å². The van der Waals surface area contributed by atoms with Gasteiger partial charge in [0, 0.05) is 23.0 Å². The highest BCUT2D eigenvalue weighted by Crippen LogP contribution is 2.47. The summed E-state index contributed by atoms with van der Waals surface area (Å²) in [6.45, 7) is 0. The average Bonchev–Trinajstić information content (AvgIpc) is 3.52. The Morgan fingerprint density at radius 2 is 1.68 bits per heavy atom. The average molecular weight is 586 g/mol. The molecule has 0 atom stereocenters. The quantitative estimate of drug-likeness (QED) is 0.155. The number of aromatic amines is 2. The molecule has 0 radical (unpaired) electrons. The summed E-state index contributed by atoms with van der Waals surface area (Å²) >= 11 is 5.94. The van der Waals surface area contributed by atoms with Gasteiger partial charge in [0.2, 0.25) is 5.75 Å². The van der Waals surface area contributed by atoms with Gasteiger partial charge in [-0.3, -0.25) is 4.79 Å². The number of hydrogen-bond acceptors (Lipinski definition) is 8. The Kier molecular flexibility index (Phi) is 7.82. The molecule has 0 aliphatic rings. The Bertz CT molecular complexity index is 1610. The van der Waals surface area contributed by atoms with Crippen molar-refractivity contribution in [2.24, 2.45) is 0 Å². The number of benzene rings is 2. The van der Waals surface area contributed by atoms with E-state index in [0.717, 1.165) is 13.2 Å². The predicted octanol–water partition coefficient (Wildman–Crippen LogP) is 5.58. The first-order valence-electron chi connectivity index (χ1n) is 11.4. The second-order valence-electron chi connectivity index (χ2n) is 8.24. The van der Waals surface area contributed by atoms with Gasteiger partial charge in [0.25, 0.3) is 5.91 Å². The van der Waals surface area contributed by atoms with Crippen LogP contribution < -0.4 is 24.3 Å². The third-order valence-electron chi connectivity index (χ3n) is 6.01. The zero-order valence-corrected chi connectivity index (χ0v) is 22.2. The van der Waals surface area contributed by atoms with Crippen molar-refractivity contribution in [2.45, 2.75) is 12.6 Å². The molecule has 15 heteroatoms. The monoisotopic (exact) mass is 585 g/mol. The lowest BCUT2D eigenvalue weighted by atomic mass is 10.0. The number of ether oxygens (including phenoxy) is 5. The summed E-state index contributed by atoms with van der Waals surface area (Å²) in [5.74, 6) is -1.48. The standard InChI is InChI=1S/C25H23ClF3N3O8/c1-36-15-8-10-7-13(30-17(10)21(38-3)19(15)37-2)23(34)31-12-9-14(33)18-16(11(12)5-6-26)20(40-24(35)39-4)22(32-18)25(27,28)29/h7-9,30,32-33H,5-6H2,1-4H3,(H,31,34). The van der Waals surface area contributed by atoms with Crippen LogP contribution in [-0.4, -0.2) is 61.5 Å². The number of anilines is 1. The van der Waals surface area contributed by atoms with Crippen LogP contribution in [0.15, 0.2) is 18.2 Å². The normalized spacial score (nSPS) is 11.5. The SMILES string of the molecule is COC(=O)Oc1c(C(F)(F)F)[nH]c2c(O)cc(NC(=O)c3cc4cc(OC)c(OC)c(OC)c4[nH]3)c(CCCl)c12. The Morgan fingerprint density at radius 1 is 0.975 bits per heavy atom. The molecule has 0 spiro atoms. The summed E-state index contributed by atoms with van der Waals surface area (Å²) in [5.41, 5.74) is -1.36. The highest BCUT2D eigenvalue weighted by molar-refractivity contribution is 6.18. The highest BCUT2D eigenvalue weighted by atomic mass is 35.5. The molecule has 4 aromatic rings. The number of H-pyrrole nitrogens is 2. The molecule has 0 aliphatic heterocycles. The second kappa shape index (κ2) is 11.0. The maximum atomic E-state index is 13.8. The van der Waals surface area contributed by atoms with Crippen molar-refractivity contribution >= 4 is 51.2 Å². The third-order valence-corrected chi connectivity index (χ3v) is 6.20. The van der Waals surface area contributed by atoms with Crippen LogP contribution in [0.4, 0.5) is 23.7 Å². The van der Waals surface area contributed by atoms with Gasteiger partial charge in [0.15, 0.2) is 22.9 Å². The summed E-state index contributed by atoms with van der Waals surface area (Å²) in [6.07, 6.45) is -6.49. The Morgan fingerprint density at radius 3 is 2.25 bits per heavy atom. The molecule has 2 aromatic carbocycles. The van der Waals surface area contributed by atoms with Crippen LogP contribution >= 0.6 is 11.6 Å². The number of carbonyl (C=O) groups is 2. The fraction of sp³-hybridized carbons (Fsp3) is 0.280. The van der Waals surface area contributed by atoms with E-state index in [-0.39, 0.29) is 51.6 Å². The van der Waals surface area contributed by atoms with E-state index in [1.54, 1.807) is 6.07 Å². The van der Waals surface area contributed by atoms with Gasteiger partial charge in [-0.1, -0.05) is 0 Å². The van der Waals surface area contributed by atoms with Crippen LogP contribution in [0.2, 0.25) is 0 Å². The molecule has 0 saturated heterocycles. The Hall–Kier alpha value is -4.46. The molecule has 40 heavy (non-hydrogen) atoms. The lowest BCUT2D eigenvalue weighted by molar-refractivity contribution is -0.141. The summed E-state index contributed by atoms with van der Waals surface area (Å²) in [4.78, 5) is 30.1. The van der Waals surface area contributed by atoms with E-state index in [1.165, 1.54) is 27.4 Å². The fourth-order valence-corrected chi connectivity index (χ4v) is 4.53. The van der Waals surface area contributed by atoms with E-state index in [1.807, 2.05) is 0 Å². The van der Waals surface area contributed by atoms with E-state index in [9.17, 15) is 27.9 Å². The van der Waals surface area contributed by atoms with Crippen molar-refractivity contribution in [1.82, 2.24) is 9.97 Å². The Balaban J connectivity index is 1.87. The summed E-state index contributed by atoms with van der Waals surface area (Å²) in [6, 6.07) is 4.18. The number of nitrogens with one attached hydrogen (secondary N) is 3. The number of rotatable bonds is 8.